The van der Waals surface area contributed by atoms with Crippen LogP contribution in [-0.2, 0) is 0 Å². The fourth-order valence-corrected chi connectivity index (χ4v) is 1.91. The second-order valence-electron chi connectivity index (χ2n) is 2.83. The Hall–Kier alpha value is -1.48. The summed E-state index contributed by atoms with van der Waals surface area (Å²) in [4.78, 5) is 0. The number of anilines is 2. The lowest BCUT2D eigenvalue weighted by Crippen LogP contribution is -1.87. The van der Waals surface area contributed by atoms with Crippen LogP contribution in [0.1, 0.15) is 0 Å². The number of thiophene rings is 1. The van der Waals surface area contributed by atoms with E-state index in [0.29, 0.717) is 0 Å². The summed E-state index contributed by atoms with van der Waals surface area (Å²) >= 11 is 1.53. The zero-order chi connectivity index (χ0) is 9.26. The normalized spacial score (nSPS) is 10.2. The van der Waals surface area contributed by atoms with Gasteiger partial charge in [-0.3, -0.25) is 0 Å². The number of hydrogen-bond acceptors (Lipinski definition) is 3. The van der Waals surface area contributed by atoms with Crippen LogP contribution in [0, 0.1) is 0 Å². The molecule has 3 heteroatoms. The van der Waals surface area contributed by atoms with Gasteiger partial charge in [-0.15, -0.1) is 11.3 Å². The van der Waals surface area contributed by atoms with E-state index in [-0.39, 0.29) is 0 Å². The topological polar surface area (TPSA) is 52.0 Å². The predicted octanol–water partition coefficient (Wildman–Crippen LogP) is 2.58. The molecule has 2 aromatic rings. The lowest BCUT2D eigenvalue weighted by Gasteiger charge is -2.01. The van der Waals surface area contributed by atoms with Crippen molar-refractivity contribution in [1.29, 1.82) is 0 Å². The summed E-state index contributed by atoms with van der Waals surface area (Å²) in [7, 11) is 0. The van der Waals surface area contributed by atoms with Gasteiger partial charge in [0.05, 0.1) is 5.00 Å². The molecule has 2 rings (SSSR count). The van der Waals surface area contributed by atoms with Crippen LogP contribution in [0.5, 0.6) is 0 Å². The lowest BCUT2D eigenvalue weighted by molar-refractivity contribution is 1.66. The maximum absolute atomic E-state index is 5.83. The van der Waals surface area contributed by atoms with Gasteiger partial charge in [-0.1, -0.05) is 18.2 Å². The van der Waals surface area contributed by atoms with Gasteiger partial charge in [-0.2, -0.15) is 0 Å². The Kier molecular flexibility index (Phi) is 1.94. The van der Waals surface area contributed by atoms with Gasteiger partial charge in [0.15, 0.2) is 0 Å². The van der Waals surface area contributed by atoms with Gasteiger partial charge in [-0.05, 0) is 17.7 Å². The molecule has 0 atom stereocenters. The molecular weight excluding hydrogens is 180 g/mol. The third-order valence-electron chi connectivity index (χ3n) is 1.89. The van der Waals surface area contributed by atoms with Crippen molar-refractivity contribution in [3.8, 4) is 11.1 Å². The summed E-state index contributed by atoms with van der Waals surface area (Å²) in [5, 5.41) is 2.83. The van der Waals surface area contributed by atoms with Crippen molar-refractivity contribution in [3.63, 3.8) is 0 Å². The van der Waals surface area contributed by atoms with E-state index in [1.807, 2.05) is 35.7 Å². The predicted molar refractivity (Wildman–Crippen MR) is 58.6 cm³/mol. The van der Waals surface area contributed by atoms with Crippen LogP contribution in [0.25, 0.3) is 11.1 Å². The molecule has 0 aliphatic heterocycles. The van der Waals surface area contributed by atoms with Crippen molar-refractivity contribution >= 4 is 22.0 Å². The van der Waals surface area contributed by atoms with E-state index in [4.69, 9.17) is 11.5 Å². The minimum absolute atomic E-state index is 0.792. The van der Waals surface area contributed by atoms with Crippen molar-refractivity contribution in [2.75, 3.05) is 11.5 Å². The quantitative estimate of drug-likeness (QED) is 0.679. The Bertz CT molecular complexity index is 420. The Morgan fingerprint density at radius 3 is 2.46 bits per heavy atom. The number of nitrogens with two attached hydrogens (primary N) is 2. The number of rotatable bonds is 1. The van der Waals surface area contributed by atoms with E-state index in [0.717, 1.165) is 21.8 Å². The first-order chi connectivity index (χ1) is 6.27. The first kappa shape index (κ1) is 8.13. The van der Waals surface area contributed by atoms with Gasteiger partial charge in [0, 0.05) is 16.6 Å². The van der Waals surface area contributed by atoms with E-state index in [1.54, 1.807) is 0 Å². The van der Waals surface area contributed by atoms with Crippen LogP contribution in [0.2, 0.25) is 0 Å². The fourth-order valence-electron chi connectivity index (χ4n) is 1.25. The fraction of sp³-hybridized carbons (Fsp3) is 0. The van der Waals surface area contributed by atoms with Gasteiger partial charge in [0.1, 0.15) is 0 Å². The van der Waals surface area contributed by atoms with Crippen LogP contribution in [0.15, 0.2) is 35.7 Å². The molecule has 0 radical (unpaired) electrons. The minimum atomic E-state index is 0.792. The Morgan fingerprint density at radius 2 is 1.85 bits per heavy atom. The van der Waals surface area contributed by atoms with E-state index in [9.17, 15) is 0 Å². The Morgan fingerprint density at radius 1 is 1.08 bits per heavy atom. The third kappa shape index (κ3) is 1.51. The molecule has 0 fully saturated rings. The maximum atomic E-state index is 5.83. The van der Waals surface area contributed by atoms with Crippen LogP contribution in [0.4, 0.5) is 10.7 Å². The molecule has 66 valence electrons. The molecule has 0 spiro atoms. The van der Waals surface area contributed by atoms with E-state index in [1.165, 1.54) is 11.3 Å². The van der Waals surface area contributed by atoms with E-state index < -0.39 is 0 Å². The van der Waals surface area contributed by atoms with Crippen LogP contribution >= 0.6 is 11.3 Å². The number of para-hydroxylation sites is 1. The standard InChI is InChI=1S/C10H10N2S/c11-9-4-2-1-3-8(9)7-5-10(12)13-6-7/h1-6H,11-12H2. The molecule has 0 bridgehead atoms. The second kappa shape index (κ2) is 3.11. The average molecular weight is 190 g/mol. The molecule has 0 aliphatic carbocycles. The molecule has 0 amide bonds. The molecule has 2 nitrogen and oxygen atoms in total. The van der Waals surface area contributed by atoms with Gasteiger partial charge >= 0.3 is 0 Å². The molecule has 1 heterocycles. The van der Waals surface area contributed by atoms with Crippen molar-refractivity contribution < 1.29 is 0 Å². The van der Waals surface area contributed by atoms with Crippen molar-refractivity contribution in [2.24, 2.45) is 0 Å². The minimum Gasteiger partial charge on any atom is -0.398 e. The van der Waals surface area contributed by atoms with Crippen molar-refractivity contribution in [2.45, 2.75) is 0 Å². The Balaban J connectivity index is 2.52. The summed E-state index contributed by atoms with van der Waals surface area (Å²) in [6.07, 6.45) is 0. The van der Waals surface area contributed by atoms with Gasteiger partial charge in [-0.25, -0.2) is 0 Å². The third-order valence-corrected chi connectivity index (χ3v) is 2.65. The van der Waals surface area contributed by atoms with Gasteiger partial charge < -0.3 is 11.5 Å². The van der Waals surface area contributed by atoms with Crippen LogP contribution in [0.3, 0.4) is 0 Å². The number of benzene rings is 1. The molecule has 13 heavy (non-hydrogen) atoms. The van der Waals surface area contributed by atoms with Gasteiger partial charge in [0.2, 0.25) is 0 Å². The Labute approximate surface area is 80.8 Å². The summed E-state index contributed by atoms with van der Waals surface area (Å²) in [6.45, 7) is 0. The second-order valence-corrected chi connectivity index (χ2v) is 3.77. The van der Waals surface area contributed by atoms with Crippen molar-refractivity contribution in [3.05, 3.63) is 35.7 Å². The molecule has 1 aromatic carbocycles. The smallest absolute Gasteiger partial charge is 0.0862 e. The SMILES string of the molecule is Nc1cc(-c2ccccc2N)cs1. The lowest BCUT2D eigenvalue weighted by atomic mass is 10.1. The molecule has 0 saturated heterocycles. The first-order valence-electron chi connectivity index (χ1n) is 3.96. The van der Waals surface area contributed by atoms with E-state index >= 15 is 0 Å². The first-order valence-corrected chi connectivity index (χ1v) is 4.84. The van der Waals surface area contributed by atoms with Crippen LogP contribution < -0.4 is 11.5 Å². The molecule has 4 N–H and O–H groups in total. The molecule has 1 aromatic heterocycles. The average Bonchev–Trinajstić information content (AvgIpc) is 2.53. The van der Waals surface area contributed by atoms with Gasteiger partial charge in [0.25, 0.3) is 0 Å². The highest BCUT2D eigenvalue weighted by Gasteiger charge is 2.02. The largest absolute Gasteiger partial charge is 0.398 e. The molecule has 0 saturated carbocycles. The summed E-state index contributed by atoms with van der Waals surface area (Å²) in [5.41, 5.74) is 14.4. The number of nitrogen functional groups attached to an aromatic ring is 2. The summed E-state index contributed by atoms with van der Waals surface area (Å²) in [5.74, 6) is 0. The molecular formula is C10H10N2S. The van der Waals surface area contributed by atoms with Crippen molar-refractivity contribution in [1.82, 2.24) is 0 Å². The summed E-state index contributed by atoms with van der Waals surface area (Å²) < 4.78 is 0. The highest BCUT2D eigenvalue weighted by Crippen LogP contribution is 2.30. The van der Waals surface area contributed by atoms with Crippen LogP contribution in [-0.4, -0.2) is 0 Å². The molecule has 0 unspecified atom stereocenters. The maximum Gasteiger partial charge on any atom is 0.0862 e. The highest BCUT2D eigenvalue weighted by molar-refractivity contribution is 7.14. The highest BCUT2D eigenvalue weighted by atomic mass is 32.1. The zero-order valence-electron chi connectivity index (χ0n) is 7.03. The zero-order valence-corrected chi connectivity index (χ0v) is 7.84. The summed E-state index contributed by atoms with van der Waals surface area (Å²) in [6, 6.07) is 9.73. The monoisotopic (exact) mass is 190 g/mol. The van der Waals surface area contributed by atoms with E-state index in [2.05, 4.69) is 0 Å². The number of hydrogen-bond donors (Lipinski definition) is 2. The molecule has 0 aliphatic rings.